The van der Waals surface area contributed by atoms with Gasteiger partial charge in [-0.05, 0) is 31.0 Å². The fraction of sp³-hybridized carbons (Fsp3) is 0.600. The monoisotopic (exact) mass is 345 g/mol. The summed E-state index contributed by atoms with van der Waals surface area (Å²) in [6.45, 7) is 9.64. The van der Waals surface area contributed by atoms with Crippen LogP contribution in [0.1, 0.15) is 38.3 Å². The van der Waals surface area contributed by atoms with Crippen LogP contribution in [0, 0.1) is 0 Å². The summed E-state index contributed by atoms with van der Waals surface area (Å²) >= 11 is 0. The molecule has 0 atom stereocenters. The van der Waals surface area contributed by atoms with Crippen LogP contribution in [0.2, 0.25) is 0 Å². The molecule has 2 rings (SSSR count). The van der Waals surface area contributed by atoms with Gasteiger partial charge in [-0.3, -0.25) is 9.59 Å². The van der Waals surface area contributed by atoms with E-state index in [2.05, 4.69) is 44.0 Å². The number of para-hydroxylation sites is 1. The van der Waals surface area contributed by atoms with Crippen molar-refractivity contribution in [1.82, 2.24) is 9.80 Å². The molecule has 1 fully saturated rings. The number of rotatable bonds is 6. The van der Waals surface area contributed by atoms with Crippen LogP contribution in [0.25, 0.3) is 0 Å². The number of amides is 2. The molecule has 0 aromatic heterocycles. The Bertz CT molecular complexity index is 585. The zero-order valence-electron chi connectivity index (χ0n) is 16.0. The molecule has 25 heavy (non-hydrogen) atoms. The molecule has 1 aromatic rings. The number of anilines is 1. The normalized spacial score (nSPS) is 15.3. The summed E-state index contributed by atoms with van der Waals surface area (Å²) in [6.07, 6.45) is 2.13. The third-order valence-electron chi connectivity index (χ3n) is 5.02. The topological polar surface area (TPSA) is 43.9 Å². The van der Waals surface area contributed by atoms with E-state index in [1.807, 2.05) is 4.90 Å². The van der Waals surface area contributed by atoms with Gasteiger partial charge in [-0.25, -0.2) is 0 Å². The molecule has 1 heterocycles. The zero-order chi connectivity index (χ0) is 18.4. The van der Waals surface area contributed by atoms with Gasteiger partial charge in [0.2, 0.25) is 11.8 Å². The summed E-state index contributed by atoms with van der Waals surface area (Å²) in [7, 11) is 2.08. The van der Waals surface area contributed by atoms with Crippen LogP contribution in [0.4, 0.5) is 5.69 Å². The highest BCUT2D eigenvalue weighted by Gasteiger charge is 2.22. The molecule has 0 bridgehead atoms. The second kappa shape index (κ2) is 8.99. The van der Waals surface area contributed by atoms with Gasteiger partial charge in [0.15, 0.2) is 0 Å². The van der Waals surface area contributed by atoms with Crippen LogP contribution < -0.4 is 4.90 Å². The zero-order valence-corrected chi connectivity index (χ0v) is 16.0. The number of carbonyl (C=O) groups is 2. The Morgan fingerprint density at radius 2 is 1.60 bits per heavy atom. The van der Waals surface area contributed by atoms with E-state index in [9.17, 15) is 9.59 Å². The second-order valence-electron chi connectivity index (χ2n) is 6.74. The minimum absolute atomic E-state index is 0.00165. The molecule has 1 saturated heterocycles. The number of carbonyl (C=O) groups excluding carboxylic acids is 2. The molecule has 2 amide bonds. The Balaban J connectivity index is 2.12. The van der Waals surface area contributed by atoms with Crippen molar-refractivity contribution >= 4 is 17.5 Å². The fourth-order valence-corrected chi connectivity index (χ4v) is 3.41. The summed E-state index contributed by atoms with van der Waals surface area (Å²) in [4.78, 5) is 30.8. The standard InChI is InChI=1S/C20H31N3O2/c1-5-17-8-7-9-18(6-2)20(17)23(16(3)24)11-10-19(25)22-14-12-21(4)13-15-22/h7-9H,5-6,10-15H2,1-4H3. The van der Waals surface area contributed by atoms with Crippen molar-refractivity contribution in [1.29, 1.82) is 0 Å². The molecule has 1 aliphatic rings. The molecular weight excluding hydrogens is 314 g/mol. The van der Waals surface area contributed by atoms with Crippen LogP contribution in [0.15, 0.2) is 18.2 Å². The van der Waals surface area contributed by atoms with E-state index in [0.29, 0.717) is 13.0 Å². The summed E-state index contributed by atoms with van der Waals surface area (Å²) in [5, 5.41) is 0. The van der Waals surface area contributed by atoms with Crippen LogP contribution in [-0.4, -0.2) is 61.4 Å². The van der Waals surface area contributed by atoms with E-state index >= 15 is 0 Å². The summed E-state index contributed by atoms with van der Waals surface area (Å²) in [6, 6.07) is 6.20. The Morgan fingerprint density at radius 3 is 2.08 bits per heavy atom. The summed E-state index contributed by atoms with van der Waals surface area (Å²) < 4.78 is 0. The number of aryl methyl sites for hydroxylation is 2. The van der Waals surface area contributed by atoms with Gasteiger partial charge in [0.1, 0.15) is 0 Å². The number of likely N-dealkylation sites (N-methyl/N-ethyl adjacent to an activating group) is 1. The van der Waals surface area contributed by atoms with Crippen molar-refractivity contribution in [3.63, 3.8) is 0 Å². The Hall–Kier alpha value is -1.88. The maximum atomic E-state index is 12.5. The molecule has 5 heteroatoms. The van der Waals surface area contributed by atoms with Crippen LogP contribution in [0.3, 0.4) is 0 Å². The van der Waals surface area contributed by atoms with Gasteiger partial charge in [0.25, 0.3) is 0 Å². The lowest BCUT2D eigenvalue weighted by Crippen LogP contribution is -2.48. The molecule has 138 valence electrons. The van der Waals surface area contributed by atoms with Crippen molar-refractivity contribution in [2.75, 3.05) is 44.7 Å². The van der Waals surface area contributed by atoms with Crippen molar-refractivity contribution in [3.8, 4) is 0 Å². The average molecular weight is 345 g/mol. The first kappa shape index (κ1) is 19.4. The highest BCUT2D eigenvalue weighted by Crippen LogP contribution is 2.27. The molecule has 0 radical (unpaired) electrons. The Morgan fingerprint density at radius 1 is 1.04 bits per heavy atom. The average Bonchev–Trinajstić information content (AvgIpc) is 2.61. The highest BCUT2D eigenvalue weighted by molar-refractivity contribution is 5.94. The second-order valence-corrected chi connectivity index (χ2v) is 6.74. The third-order valence-corrected chi connectivity index (χ3v) is 5.02. The van der Waals surface area contributed by atoms with Crippen molar-refractivity contribution in [3.05, 3.63) is 29.3 Å². The van der Waals surface area contributed by atoms with E-state index in [-0.39, 0.29) is 11.8 Å². The van der Waals surface area contributed by atoms with Crippen LogP contribution in [-0.2, 0) is 22.4 Å². The van der Waals surface area contributed by atoms with E-state index in [1.54, 1.807) is 11.8 Å². The predicted octanol–water partition coefficient (Wildman–Crippen LogP) is 2.33. The Labute approximate surface area is 151 Å². The number of hydrogen-bond acceptors (Lipinski definition) is 3. The largest absolute Gasteiger partial charge is 0.340 e. The van der Waals surface area contributed by atoms with Crippen molar-refractivity contribution in [2.45, 2.75) is 40.0 Å². The minimum Gasteiger partial charge on any atom is -0.340 e. The van der Waals surface area contributed by atoms with Gasteiger partial charge in [0, 0.05) is 51.8 Å². The molecule has 0 aliphatic carbocycles. The first-order valence-corrected chi connectivity index (χ1v) is 9.33. The Kier molecular flexibility index (Phi) is 7.00. The van der Waals surface area contributed by atoms with Gasteiger partial charge in [-0.1, -0.05) is 32.0 Å². The number of piperazine rings is 1. The highest BCUT2D eigenvalue weighted by atomic mass is 16.2. The lowest BCUT2D eigenvalue weighted by molar-refractivity contribution is -0.132. The molecule has 0 saturated carbocycles. The van der Waals surface area contributed by atoms with Gasteiger partial charge in [0.05, 0.1) is 0 Å². The minimum atomic E-state index is 0.00165. The van der Waals surface area contributed by atoms with E-state index in [0.717, 1.165) is 44.7 Å². The van der Waals surface area contributed by atoms with Gasteiger partial charge in [-0.15, -0.1) is 0 Å². The van der Waals surface area contributed by atoms with Crippen LogP contribution in [0.5, 0.6) is 0 Å². The maximum absolute atomic E-state index is 12.5. The van der Waals surface area contributed by atoms with Gasteiger partial charge < -0.3 is 14.7 Å². The van der Waals surface area contributed by atoms with Crippen LogP contribution >= 0.6 is 0 Å². The van der Waals surface area contributed by atoms with E-state index < -0.39 is 0 Å². The molecule has 1 aromatic carbocycles. The molecule has 1 aliphatic heterocycles. The molecule has 0 unspecified atom stereocenters. The molecular formula is C20H31N3O2. The summed E-state index contributed by atoms with van der Waals surface area (Å²) in [5.41, 5.74) is 3.34. The number of hydrogen-bond donors (Lipinski definition) is 0. The fourth-order valence-electron chi connectivity index (χ4n) is 3.41. The van der Waals surface area contributed by atoms with Crippen molar-refractivity contribution < 1.29 is 9.59 Å². The first-order chi connectivity index (χ1) is 12.0. The molecule has 5 nitrogen and oxygen atoms in total. The SMILES string of the molecule is CCc1cccc(CC)c1N(CCC(=O)N1CCN(C)CC1)C(C)=O. The van der Waals surface area contributed by atoms with Crippen molar-refractivity contribution in [2.24, 2.45) is 0 Å². The first-order valence-electron chi connectivity index (χ1n) is 9.33. The number of benzene rings is 1. The quantitative estimate of drug-likeness (QED) is 0.795. The van der Waals surface area contributed by atoms with E-state index in [4.69, 9.17) is 0 Å². The molecule has 0 N–H and O–H groups in total. The summed E-state index contributed by atoms with van der Waals surface area (Å²) in [5.74, 6) is 0.146. The lowest BCUT2D eigenvalue weighted by atomic mass is 10.0. The lowest BCUT2D eigenvalue weighted by Gasteiger charge is -2.33. The smallest absolute Gasteiger partial charge is 0.224 e. The predicted molar refractivity (Wildman–Crippen MR) is 102 cm³/mol. The third kappa shape index (κ3) is 4.82. The van der Waals surface area contributed by atoms with Gasteiger partial charge in [-0.2, -0.15) is 0 Å². The maximum Gasteiger partial charge on any atom is 0.224 e. The van der Waals surface area contributed by atoms with Gasteiger partial charge >= 0.3 is 0 Å². The molecule has 0 spiro atoms. The van der Waals surface area contributed by atoms with E-state index in [1.165, 1.54) is 11.1 Å². The number of nitrogens with zero attached hydrogens (tertiary/aromatic N) is 3.